The second kappa shape index (κ2) is 6.46. The molecule has 4 unspecified atom stereocenters. The highest BCUT2D eigenvalue weighted by Crippen LogP contribution is 2.41. The van der Waals surface area contributed by atoms with Gasteiger partial charge in [-0.05, 0) is 38.0 Å². The smallest absolute Gasteiger partial charge is 0.240 e. The minimum atomic E-state index is -0.972. The molecule has 1 heterocycles. The van der Waals surface area contributed by atoms with E-state index >= 15 is 0 Å². The molecular weight excluding hydrogens is 286 g/mol. The van der Waals surface area contributed by atoms with E-state index in [4.69, 9.17) is 11.5 Å². The third-order valence-corrected chi connectivity index (χ3v) is 4.76. The molecule has 4 atom stereocenters. The topological polar surface area (TPSA) is 124 Å². The number of hydrogen-bond donors (Lipinski definition) is 2. The van der Waals surface area contributed by atoms with Gasteiger partial charge in [0.15, 0.2) is 0 Å². The highest BCUT2D eigenvalue weighted by atomic mass is 16.2. The van der Waals surface area contributed by atoms with Gasteiger partial charge in [0.2, 0.25) is 23.6 Å². The van der Waals surface area contributed by atoms with Crippen LogP contribution >= 0.6 is 0 Å². The molecule has 0 aromatic heterocycles. The molecule has 2 rings (SSSR count). The van der Waals surface area contributed by atoms with Gasteiger partial charge in [0, 0.05) is 6.42 Å². The molecule has 122 valence electrons. The van der Waals surface area contributed by atoms with Crippen LogP contribution in [0.1, 0.15) is 45.4 Å². The van der Waals surface area contributed by atoms with Gasteiger partial charge in [0.1, 0.15) is 6.04 Å². The summed E-state index contributed by atoms with van der Waals surface area (Å²) in [5, 5.41) is 0. The van der Waals surface area contributed by atoms with Crippen LogP contribution in [0.5, 0.6) is 0 Å². The number of carbonyl (C=O) groups is 4. The van der Waals surface area contributed by atoms with Gasteiger partial charge in [0.05, 0.1) is 11.8 Å². The van der Waals surface area contributed by atoms with Gasteiger partial charge < -0.3 is 11.5 Å². The molecule has 0 bridgehead atoms. The van der Waals surface area contributed by atoms with Crippen molar-refractivity contribution in [3.05, 3.63) is 0 Å². The Morgan fingerprint density at radius 3 is 2.41 bits per heavy atom. The second-order valence-corrected chi connectivity index (χ2v) is 6.45. The number of nitrogens with two attached hydrogens (primary N) is 2. The fraction of sp³-hybridized carbons (Fsp3) is 0.733. The lowest BCUT2D eigenvalue weighted by Gasteiger charge is -2.25. The van der Waals surface area contributed by atoms with Gasteiger partial charge in [-0.25, -0.2) is 0 Å². The van der Waals surface area contributed by atoms with Crippen LogP contribution < -0.4 is 11.5 Å². The number of primary amides is 2. The van der Waals surface area contributed by atoms with E-state index in [0.29, 0.717) is 25.2 Å². The lowest BCUT2D eigenvalue weighted by molar-refractivity contribution is -0.147. The van der Waals surface area contributed by atoms with Crippen molar-refractivity contribution < 1.29 is 19.2 Å². The molecule has 2 aliphatic rings. The first kappa shape index (κ1) is 16.5. The second-order valence-electron chi connectivity index (χ2n) is 6.45. The molecule has 1 saturated heterocycles. The van der Waals surface area contributed by atoms with Gasteiger partial charge in [-0.3, -0.25) is 24.1 Å². The Balaban J connectivity index is 2.13. The maximum atomic E-state index is 12.5. The van der Waals surface area contributed by atoms with E-state index in [0.717, 1.165) is 11.3 Å². The molecule has 7 heteroatoms. The normalized spacial score (nSPS) is 29.3. The quantitative estimate of drug-likeness (QED) is 0.666. The van der Waals surface area contributed by atoms with Gasteiger partial charge in [-0.15, -0.1) is 0 Å². The summed E-state index contributed by atoms with van der Waals surface area (Å²) < 4.78 is 0. The highest BCUT2D eigenvalue weighted by Gasteiger charge is 2.52. The summed E-state index contributed by atoms with van der Waals surface area (Å²) >= 11 is 0. The van der Waals surface area contributed by atoms with Crippen LogP contribution in [-0.4, -0.2) is 34.6 Å². The standard InChI is InChI=1S/C15H23N3O4/c1-8-5-6-9-10(7-8)15(22)18(14(9)21)11(13(17)20)3-2-4-12(16)19/h8-11H,2-7H2,1H3,(H2,16,19)(H2,17,20). The number of fused-ring (bicyclic) bond motifs is 1. The summed E-state index contributed by atoms with van der Waals surface area (Å²) in [4.78, 5) is 48.6. The van der Waals surface area contributed by atoms with E-state index in [9.17, 15) is 19.2 Å². The van der Waals surface area contributed by atoms with Gasteiger partial charge in [-0.1, -0.05) is 6.92 Å². The van der Waals surface area contributed by atoms with Crippen molar-refractivity contribution in [3.8, 4) is 0 Å². The fourth-order valence-electron chi connectivity index (χ4n) is 3.59. The first-order chi connectivity index (χ1) is 10.3. The molecule has 0 aromatic carbocycles. The third-order valence-electron chi connectivity index (χ3n) is 4.76. The number of nitrogens with zero attached hydrogens (tertiary/aromatic N) is 1. The molecule has 0 spiro atoms. The Labute approximate surface area is 129 Å². The summed E-state index contributed by atoms with van der Waals surface area (Å²) in [7, 11) is 0. The molecule has 2 fully saturated rings. The van der Waals surface area contributed by atoms with Crippen molar-refractivity contribution in [2.75, 3.05) is 0 Å². The van der Waals surface area contributed by atoms with Gasteiger partial charge >= 0.3 is 0 Å². The van der Waals surface area contributed by atoms with Crippen LogP contribution in [-0.2, 0) is 19.2 Å². The van der Waals surface area contributed by atoms with E-state index in [-0.39, 0.29) is 36.5 Å². The molecule has 4 N–H and O–H groups in total. The molecule has 4 amide bonds. The maximum absolute atomic E-state index is 12.5. The molecule has 0 aromatic rings. The number of imide groups is 1. The zero-order chi connectivity index (χ0) is 16.4. The first-order valence-electron chi connectivity index (χ1n) is 7.77. The van der Waals surface area contributed by atoms with Crippen molar-refractivity contribution in [1.82, 2.24) is 4.90 Å². The van der Waals surface area contributed by atoms with Crippen molar-refractivity contribution in [2.24, 2.45) is 29.2 Å². The Bertz CT molecular complexity index is 505. The van der Waals surface area contributed by atoms with Crippen molar-refractivity contribution in [2.45, 2.75) is 51.5 Å². The molecule has 0 radical (unpaired) electrons. The zero-order valence-electron chi connectivity index (χ0n) is 12.8. The van der Waals surface area contributed by atoms with Crippen LogP contribution in [0.3, 0.4) is 0 Å². The lowest BCUT2D eigenvalue weighted by atomic mass is 9.76. The van der Waals surface area contributed by atoms with Gasteiger partial charge in [-0.2, -0.15) is 0 Å². The minimum Gasteiger partial charge on any atom is -0.370 e. The SMILES string of the molecule is CC1CCC2C(=O)N(C(CCCC(N)=O)C(N)=O)C(=O)C2C1. The molecule has 22 heavy (non-hydrogen) atoms. The molecular formula is C15H23N3O4. The van der Waals surface area contributed by atoms with Crippen LogP contribution in [0.15, 0.2) is 0 Å². The Hall–Kier alpha value is -1.92. The van der Waals surface area contributed by atoms with Crippen molar-refractivity contribution in [1.29, 1.82) is 0 Å². The zero-order valence-corrected chi connectivity index (χ0v) is 12.8. The lowest BCUT2D eigenvalue weighted by Crippen LogP contribution is -2.48. The Morgan fingerprint density at radius 1 is 1.18 bits per heavy atom. The third kappa shape index (κ3) is 3.13. The number of amides is 4. The number of hydrogen-bond acceptors (Lipinski definition) is 4. The molecule has 7 nitrogen and oxygen atoms in total. The monoisotopic (exact) mass is 309 g/mol. The van der Waals surface area contributed by atoms with E-state index < -0.39 is 17.9 Å². The van der Waals surface area contributed by atoms with E-state index in [1.165, 1.54) is 0 Å². The van der Waals surface area contributed by atoms with Gasteiger partial charge in [0.25, 0.3) is 0 Å². The summed E-state index contributed by atoms with van der Waals surface area (Å²) in [5.41, 5.74) is 10.4. The first-order valence-corrected chi connectivity index (χ1v) is 7.77. The largest absolute Gasteiger partial charge is 0.370 e. The van der Waals surface area contributed by atoms with Crippen molar-refractivity contribution >= 4 is 23.6 Å². The summed E-state index contributed by atoms with van der Waals surface area (Å²) in [6, 6.07) is -0.972. The summed E-state index contributed by atoms with van der Waals surface area (Å²) in [6.07, 6.45) is 2.88. The maximum Gasteiger partial charge on any atom is 0.240 e. The number of likely N-dealkylation sites (tertiary alicyclic amines) is 1. The highest BCUT2D eigenvalue weighted by molar-refractivity contribution is 6.08. The minimum absolute atomic E-state index is 0.101. The van der Waals surface area contributed by atoms with Crippen LogP contribution in [0.4, 0.5) is 0 Å². The number of carbonyl (C=O) groups excluding carboxylic acids is 4. The molecule has 1 aliphatic heterocycles. The Morgan fingerprint density at radius 2 is 1.82 bits per heavy atom. The Kier molecular flexibility index (Phi) is 4.83. The summed E-state index contributed by atoms with van der Waals surface area (Å²) in [5.74, 6) is -2.01. The predicted octanol–water partition coefficient (Wildman–Crippen LogP) is -0.0829. The summed E-state index contributed by atoms with van der Waals surface area (Å²) in [6.45, 7) is 2.06. The fourth-order valence-corrected chi connectivity index (χ4v) is 3.59. The number of rotatable bonds is 6. The average Bonchev–Trinajstić information content (AvgIpc) is 2.67. The van der Waals surface area contributed by atoms with Crippen molar-refractivity contribution in [3.63, 3.8) is 0 Å². The van der Waals surface area contributed by atoms with E-state index in [1.807, 2.05) is 0 Å². The van der Waals surface area contributed by atoms with E-state index in [2.05, 4.69) is 6.92 Å². The van der Waals surface area contributed by atoms with E-state index in [1.54, 1.807) is 0 Å². The van der Waals surface area contributed by atoms with Crippen LogP contribution in [0, 0.1) is 17.8 Å². The molecule has 1 aliphatic carbocycles. The van der Waals surface area contributed by atoms with Crippen LogP contribution in [0.25, 0.3) is 0 Å². The predicted molar refractivity (Wildman–Crippen MR) is 77.9 cm³/mol. The molecule has 1 saturated carbocycles. The van der Waals surface area contributed by atoms with Crippen LogP contribution in [0.2, 0.25) is 0 Å². The average molecular weight is 309 g/mol.